The summed E-state index contributed by atoms with van der Waals surface area (Å²) >= 11 is 1.62. The average molecular weight is 273 g/mol. The van der Waals surface area contributed by atoms with Crippen molar-refractivity contribution in [3.8, 4) is 5.88 Å². The van der Waals surface area contributed by atoms with Crippen LogP contribution in [0.25, 0.3) is 0 Å². The van der Waals surface area contributed by atoms with E-state index < -0.39 is 0 Å². The topological polar surface area (TPSA) is 57.6 Å². The number of nitrogens with zero attached hydrogens (tertiary/aromatic N) is 2. The molecule has 0 bridgehead atoms. The second-order valence-electron chi connectivity index (χ2n) is 4.69. The summed E-state index contributed by atoms with van der Waals surface area (Å²) in [4.78, 5) is 7.45. The van der Waals surface area contributed by atoms with Gasteiger partial charge in [-0.05, 0) is 20.3 Å². The maximum atomic E-state index is 9.32. The molecule has 1 rings (SSSR count). The zero-order valence-electron chi connectivity index (χ0n) is 11.7. The fraction of sp³-hybridized carbons (Fsp3) is 0.750. The molecule has 0 aliphatic rings. The summed E-state index contributed by atoms with van der Waals surface area (Å²) in [7, 11) is 5.56. The molecule has 2 N–H and O–H groups in total. The van der Waals surface area contributed by atoms with Crippen molar-refractivity contribution in [1.29, 1.82) is 0 Å². The highest BCUT2D eigenvalue weighted by atomic mass is 32.1. The summed E-state index contributed by atoms with van der Waals surface area (Å²) in [5, 5.41) is 13.6. The largest absolute Gasteiger partial charge is 0.480 e. The van der Waals surface area contributed by atoms with Crippen molar-refractivity contribution >= 4 is 16.5 Å². The minimum atomic E-state index is -0.284. The van der Waals surface area contributed by atoms with E-state index in [1.165, 1.54) is 0 Å². The molecule has 0 aromatic carbocycles. The fourth-order valence-corrected chi connectivity index (χ4v) is 2.55. The lowest BCUT2D eigenvalue weighted by Gasteiger charge is -2.14. The maximum absolute atomic E-state index is 9.32. The lowest BCUT2D eigenvalue weighted by molar-refractivity contribution is 0.170. The number of anilines is 1. The molecule has 1 heterocycles. The van der Waals surface area contributed by atoms with E-state index in [9.17, 15) is 5.11 Å². The van der Waals surface area contributed by atoms with Crippen molar-refractivity contribution in [3.63, 3.8) is 0 Å². The molecule has 0 spiro atoms. The van der Waals surface area contributed by atoms with Crippen LogP contribution < -0.4 is 15.0 Å². The lowest BCUT2D eigenvalue weighted by Crippen LogP contribution is -2.28. The Morgan fingerprint density at radius 2 is 2.11 bits per heavy atom. The Bertz CT molecular complexity index is 366. The minimum Gasteiger partial charge on any atom is -0.480 e. The highest BCUT2D eigenvalue weighted by Crippen LogP contribution is 2.30. The molecule has 0 aliphatic carbocycles. The fourth-order valence-electron chi connectivity index (χ4n) is 1.65. The number of aromatic nitrogens is 1. The van der Waals surface area contributed by atoms with Crippen molar-refractivity contribution in [2.24, 2.45) is 0 Å². The predicted octanol–water partition coefficient (Wildman–Crippen LogP) is 1.47. The number of aliphatic hydroxyl groups excluding tert-OH is 1. The predicted molar refractivity (Wildman–Crippen MR) is 75.6 cm³/mol. The van der Waals surface area contributed by atoms with Crippen LogP contribution in [0.5, 0.6) is 5.88 Å². The molecule has 2 unspecified atom stereocenters. The smallest absolute Gasteiger partial charge is 0.230 e. The van der Waals surface area contributed by atoms with Crippen LogP contribution in [0.15, 0.2) is 0 Å². The first-order chi connectivity index (χ1) is 8.43. The van der Waals surface area contributed by atoms with Crippen LogP contribution in [0, 0.1) is 0 Å². The van der Waals surface area contributed by atoms with E-state index in [0.29, 0.717) is 12.4 Å². The van der Waals surface area contributed by atoms with E-state index in [1.807, 2.05) is 19.0 Å². The van der Waals surface area contributed by atoms with Gasteiger partial charge in [0.15, 0.2) is 5.13 Å². The number of rotatable bonds is 7. The molecule has 18 heavy (non-hydrogen) atoms. The standard InChI is InChI=1S/C12H23N3O2S/c1-8(6-9(2)16)13-7-10-11(17-5)14-12(18-10)15(3)4/h8-9,13,16H,6-7H2,1-5H3. The number of ether oxygens (including phenoxy) is 1. The Kier molecular flexibility index (Phi) is 5.84. The van der Waals surface area contributed by atoms with Gasteiger partial charge in [-0.25, -0.2) is 0 Å². The Balaban J connectivity index is 2.60. The number of hydrogen-bond donors (Lipinski definition) is 2. The van der Waals surface area contributed by atoms with Crippen LogP contribution in [-0.4, -0.2) is 43.4 Å². The molecule has 0 radical (unpaired) electrons. The Labute approximate surface area is 113 Å². The second kappa shape index (κ2) is 6.92. The van der Waals surface area contributed by atoms with Crippen LogP contribution in [0.4, 0.5) is 5.13 Å². The van der Waals surface area contributed by atoms with Gasteiger partial charge in [-0.2, -0.15) is 4.98 Å². The molecular formula is C12H23N3O2S. The normalized spacial score (nSPS) is 14.3. The maximum Gasteiger partial charge on any atom is 0.230 e. The van der Waals surface area contributed by atoms with Crippen LogP contribution in [0.1, 0.15) is 25.1 Å². The van der Waals surface area contributed by atoms with Crippen LogP contribution >= 0.6 is 11.3 Å². The van der Waals surface area contributed by atoms with Gasteiger partial charge in [0.05, 0.1) is 18.1 Å². The summed E-state index contributed by atoms with van der Waals surface area (Å²) in [6.45, 7) is 4.57. The van der Waals surface area contributed by atoms with Crippen molar-refractivity contribution in [1.82, 2.24) is 10.3 Å². The number of nitrogens with one attached hydrogen (secondary N) is 1. The molecule has 1 aromatic heterocycles. The van der Waals surface area contributed by atoms with Crippen LogP contribution in [0.3, 0.4) is 0 Å². The Hall–Kier alpha value is -0.850. The summed E-state index contributed by atoms with van der Waals surface area (Å²) in [6, 6.07) is 0.264. The van der Waals surface area contributed by atoms with Crippen LogP contribution in [-0.2, 0) is 6.54 Å². The van der Waals surface area contributed by atoms with Gasteiger partial charge < -0.3 is 20.1 Å². The number of aliphatic hydroxyl groups is 1. The summed E-state index contributed by atoms with van der Waals surface area (Å²) < 4.78 is 5.27. The SMILES string of the molecule is COc1nc(N(C)C)sc1CNC(C)CC(C)O. The molecule has 0 fully saturated rings. The van der Waals surface area contributed by atoms with Crippen molar-refractivity contribution < 1.29 is 9.84 Å². The van der Waals surface area contributed by atoms with E-state index in [4.69, 9.17) is 4.74 Å². The first kappa shape index (κ1) is 15.2. The van der Waals surface area contributed by atoms with Gasteiger partial charge in [-0.3, -0.25) is 0 Å². The summed E-state index contributed by atoms with van der Waals surface area (Å²) in [5.41, 5.74) is 0. The molecule has 1 aromatic rings. The van der Waals surface area contributed by atoms with Gasteiger partial charge in [0.1, 0.15) is 0 Å². The molecule has 0 amide bonds. The number of hydrogen-bond acceptors (Lipinski definition) is 6. The monoisotopic (exact) mass is 273 g/mol. The van der Waals surface area contributed by atoms with E-state index in [2.05, 4.69) is 17.2 Å². The van der Waals surface area contributed by atoms with Gasteiger partial charge in [-0.1, -0.05) is 11.3 Å². The Morgan fingerprint density at radius 1 is 1.44 bits per heavy atom. The van der Waals surface area contributed by atoms with Crippen molar-refractivity contribution in [2.75, 3.05) is 26.1 Å². The van der Waals surface area contributed by atoms with Crippen molar-refractivity contribution in [3.05, 3.63) is 4.88 Å². The molecule has 104 valence electrons. The van der Waals surface area contributed by atoms with Gasteiger partial charge in [-0.15, -0.1) is 0 Å². The quantitative estimate of drug-likeness (QED) is 0.788. The highest BCUT2D eigenvalue weighted by Gasteiger charge is 2.14. The minimum absolute atomic E-state index is 0.264. The molecule has 5 nitrogen and oxygen atoms in total. The molecular weight excluding hydrogens is 250 g/mol. The van der Waals surface area contributed by atoms with Crippen molar-refractivity contribution in [2.45, 2.75) is 39.0 Å². The molecule has 0 aliphatic heterocycles. The number of thiazole rings is 1. The third-order valence-corrected chi connectivity index (χ3v) is 3.74. The van der Waals surface area contributed by atoms with E-state index in [0.717, 1.165) is 16.4 Å². The summed E-state index contributed by atoms with van der Waals surface area (Å²) in [5.74, 6) is 0.681. The van der Waals surface area contributed by atoms with Gasteiger partial charge in [0.25, 0.3) is 0 Å². The second-order valence-corrected chi connectivity index (χ2v) is 5.75. The van der Waals surface area contributed by atoms with Crippen LogP contribution in [0.2, 0.25) is 0 Å². The number of methoxy groups -OCH3 is 1. The average Bonchev–Trinajstić information content (AvgIpc) is 2.68. The van der Waals surface area contributed by atoms with Gasteiger partial charge in [0.2, 0.25) is 5.88 Å². The first-order valence-electron chi connectivity index (χ1n) is 6.06. The zero-order chi connectivity index (χ0) is 13.7. The molecule has 0 saturated heterocycles. The third-order valence-electron chi connectivity index (χ3n) is 2.53. The van der Waals surface area contributed by atoms with E-state index in [-0.39, 0.29) is 12.1 Å². The Morgan fingerprint density at radius 3 is 2.61 bits per heavy atom. The molecule has 2 atom stereocenters. The first-order valence-corrected chi connectivity index (χ1v) is 6.88. The third kappa shape index (κ3) is 4.44. The summed E-state index contributed by atoms with van der Waals surface area (Å²) in [6.07, 6.45) is 0.454. The van der Waals surface area contributed by atoms with E-state index >= 15 is 0 Å². The highest BCUT2D eigenvalue weighted by molar-refractivity contribution is 7.15. The zero-order valence-corrected chi connectivity index (χ0v) is 12.5. The van der Waals surface area contributed by atoms with Gasteiger partial charge >= 0.3 is 0 Å². The van der Waals surface area contributed by atoms with Gasteiger partial charge in [0, 0.05) is 26.7 Å². The lowest BCUT2D eigenvalue weighted by atomic mass is 10.1. The molecule has 6 heteroatoms. The van der Waals surface area contributed by atoms with E-state index in [1.54, 1.807) is 25.4 Å². The molecule has 0 saturated carbocycles.